The van der Waals surface area contributed by atoms with Crippen LogP contribution in [0.25, 0.3) is 6.08 Å². The minimum absolute atomic E-state index is 0.0365. The first-order valence-electron chi connectivity index (χ1n) is 15.1. The highest BCUT2D eigenvalue weighted by Gasteiger charge is 2.31. The standard InChI is InChI=1S/C35H31F6N5O2/c1-3-20(14-19-12-13-46(17-19)28(47)11-8-21-6-4-5-7-24(21)36)32-29(35(42)45-18-44-32)33(43-2)23-10-9-22(15-25(23)37)48-34-30(40)26(38)16-27(39)31(34)41/h4-11,15-16,18-20H,3,12-14,17H2,1-2H3,(H2,42,44,45)/b11-8+,43-33?/t19-,20?/m0/s1. The largest absolute Gasteiger partial charge is 0.451 e. The summed E-state index contributed by atoms with van der Waals surface area (Å²) in [4.78, 5) is 27.5. The van der Waals surface area contributed by atoms with Gasteiger partial charge in [-0.2, -0.15) is 8.78 Å². The minimum Gasteiger partial charge on any atom is -0.451 e. The molecule has 2 N–H and O–H groups in total. The van der Waals surface area contributed by atoms with Gasteiger partial charge < -0.3 is 15.4 Å². The van der Waals surface area contributed by atoms with E-state index in [-0.39, 0.29) is 40.9 Å². The zero-order valence-electron chi connectivity index (χ0n) is 26.0. The van der Waals surface area contributed by atoms with Crippen LogP contribution in [0, 0.1) is 40.8 Å². The predicted molar refractivity (Wildman–Crippen MR) is 169 cm³/mol. The number of halogens is 6. The lowest BCUT2D eigenvalue weighted by molar-refractivity contribution is -0.125. The first-order valence-corrected chi connectivity index (χ1v) is 15.1. The SMILES string of the molecule is CCC(C[C@@H]1CCN(C(=O)/C=C/c2ccccc2F)C1)c1ncnc(N)c1C(=NC)c1ccc(Oc2c(F)c(F)cc(F)c2F)cc1F. The van der Waals surface area contributed by atoms with Gasteiger partial charge in [0.05, 0.1) is 17.0 Å². The molecule has 5 rings (SSSR count). The van der Waals surface area contributed by atoms with E-state index in [1.807, 2.05) is 6.92 Å². The Kier molecular flexibility index (Phi) is 10.5. The third-order valence-electron chi connectivity index (χ3n) is 8.26. The van der Waals surface area contributed by atoms with E-state index in [9.17, 15) is 26.7 Å². The molecule has 0 spiro atoms. The summed E-state index contributed by atoms with van der Waals surface area (Å²) in [5, 5.41) is 0. The van der Waals surface area contributed by atoms with Gasteiger partial charge in [-0.3, -0.25) is 9.79 Å². The number of carbonyl (C=O) groups is 1. The van der Waals surface area contributed by atoms with Crippen LogP contribution in [-0.4, -0.2) is 46.6 Å². The zero-order valence-corrected chi connectivity index (χ0v) is 26.0. The average Bonchev–Trinajstić information content (AvgIpc) is 3.55. The minimum atomic E-state index is -1.77. The summed E-state index contributed by atoms with van der Waals surface area (Å²) in [5.74, 6) is -10.3. The highest BCUT2D eigenvalue weighted by Crippen LogP contribution is 2.36. The molecule has 1 aliphatic heterocycles. The van der Waals surface area contributed by atoms with E-state index < -0.39 is 46.4 Å². The molecule has 7 nitrogen and oxygen atoms in total. The molecule has 1 unspecified atom stereocenters. The van der Waals surface area contributed by atoms with Gasteiger partial charge in [0.1, 0.15) is 29.5 Å². The number of rotatable bonds is 10. The van der Waals surface area contributed by atoms with E-state index in [1.54, 1.807) is 23.1 Å². The van der Waals surface area contributed by atoms with Gasteiger partial charge >= 0.3 is 0 Å². The van der Waals surface area contributed by atoms with Crippen molar-refractivity contribution in [2.75, 3.05) is 25.9 Å². The number of benzene rings is 3. The fourth-order valence-electron chi connectivity index (χ4n) is 5.82. The second kappa shape index (κ2) is 14.7. The summed E-state index contributed by atoms with van der Waals surface area (Å²) in [5.41, 5.74) is 7.48. The number of aliphatic imine (C=N–C) groups is 1. The van der Waals surface area contributed by atoms with Gasteiger partial charge in [0.15, 0.2) is 11.6 Å². The van der Waals surface area contributed by atoms with Crippen molar-refractivity contribution < 1.29 is 35.9 Å². The number of nitrogens with two attached hydrogens (primary N) is 1. The number of ether oxygens (including phenoxy) is 1. The van der Waals surface area contributed by atoms with Crippen LogP contribution in [-0.2, 0) is 4.79 Å². The van der Waals surface area contributed by atoms with Crippen LogP contribution in [0.2, 0.25) is 0 Å². The summed E-state index contributed by atoms with van der Waals surface area (Å²) in [6.45, 7) is 2.97. The van der Waals surface area contributed by atoms with Crippen LogP contribution >= 0.6 is 0 Å². The highest BCUT2D eigenvalue weighted by atomic mass is 19.2. The maximum atomic E-state index is 15.6. The lowest BCUT2D eigenvalue weighted by Crippen LogP contribution is -2.27. The quantitative estimate of drug-likeness (QED) is 0.0814. The van der Waals surface area contributed by atoms with Gasteiger partial charge in [-0.25, -0.2) is 27.5 Å². The van der Waals surface area contributed by atoms with Crippen LogP contribution < -0.4 is 10.5 Å². The Morgan fingerprint density at radius 3 is 2.42 bits per heavy atom. The number of hydrogen-bond acceptors (Lipinski definition) is 6. The monoisotopic (exact) mass is 667 g/mol. The Morgan fingerprint density at radius 1 is 1.02 bits per heavy atom. The third-order valence-corrected chi connectivity index (χ3v) is 8.26. The Morgan fingerprint density at radius 2 is 1.75 bits per heavy atom. The lowest BCUT2D eigenvalue weighted by Gasteiger charge is -2.23. The second-order valence-electron chi connectivity index (χ2n) is 11.3. The number of nitrogens with zero attached hydrogens (tertiary/aromatic N) is 4. The van der Waals surface area contributed by atoms with Crippen molar-refractivity contribution in [1.29, 1.82) is 0 Å². The van der Waals surface area contributed by atoms with Crippen molar-refractivity contribution in [3.8, 4) is 11.5 Å². The Hall–Kier alpha value is -5.20. The normalized spacial score (nSPS) is 15.7. The van der Waals surface area contributed by atoms with Gasteiger partial charge in [0.25, 0.3) is 0 Å². The van der Waals surface area contributed by atoms with Gasteiger partial charge in [-0.15, -0.1) is 0 Å². The summed E-state index contributed by atoms with van der Waals surface area (Å²) in [7, 11) is 1.42. The molecular weight excluding hydrogens is 636 g/mol. The first-order chi connectivity index (χ1) is 23.0. The third kappa shape index (κ3) is 7.19. The summed E-state index contributed by atoms with van der Waals surface area (Å²) in [6, 6.07) is 9.39. The maximum absolute atomic E-state index is 15.6. The molecule has 2 atom stereocenters. The molecule has 48 heavy (non-hydrogen) atoms. The Balaban J connectivity index is 1.35. The van der Waals surface area contributed by atoms with E-state index in [1.165, 1.54) is 37.7 Å². The molecule has 13 heteroatoms. The van der Waals surface area contributed by atoms with E-state index in [0.717, 1.165) is 18.6 Å². The number of anilines is 1. The smallest absolute Gasteiger partial charge is 0.246 e. The summed E-state index contributed by atoms with van der Waals surface area (Å²) < 4.78 is 90.1. The van der Waals surface area contributed by atoms with Crippen LogP contribution in [0.1, 0.15) is 54.5 Å². The fourth-order valence-corrected chi connectivity index (χ4v) is 5.82. The molecule has 0 bridgehead atoms. The molecule has 250 valence electrons. The molecule has 4 aromatic rings. The Bertz CT molecular complexity index is 1870. The van der Waals surface area contributed by atoms with Crippen molar-refractivity contribution >= 4 is 23.5 Å². The van der Waals surface area contributed by atoms with E-state index >= 15 is 4.39 Å². The maximum Gasteiger partial charge on any atom is 0.246 e. The number of hydrogen-bond donors (Lipinski definition) is 1. The molecule has 1 saturated heterocycles. The van der Waals surface area contributed by atoms with Crippen LogP contribution in [0.3, 0.4) is 0 Å². The van der Waals surface area contributed by atoms with Gasteiger partial charge in [-0.1, -0.05) is 25.1 Å². The molecular formula is C35H31F6N5O2. The van der Waals surface area contributed by atoms with Crippen LogP contribution in [0.15, 0.2) is 65.9 Å². The fraction of sp³-hybridized carbons (Fsp3) is 0.257. The first kappa shape index (κ1) is 34.1. The summed E-state index contributed by atoms with van der Waals surface area (Å²) in [6.07, 6.45) is 6.09. The number of nitrogen functional groups attached to an aromatic ring is 1. The topological polar surface area (TPSA) is 93.7 Å². The number of likely N-dealkylation sites (tertiary alicyclic amines) is 1. The van der Waals surface area contributed by atoms with Crippen LogP contribution in [0.4, 0.5) is 32.2 Å². The average molecular weight is 668 g/mol. The number of carbonyl (C=O) groups excluding carboxylic acids is 1. The van der Waals surface area contributed by atoms with E-state index in [2.05, 4.69) is 15.0 Å². The van der Waals surface area contributed by atoms with Crippen molar-refractivity contribution in [2.24, 2.45) is 10.9 Å². The number of amides is 1. The molecule has 0 saturated carbocycles. The van der Waals surface area contributed by atoms with Crippen LogP contribution in [0.5, 0.6) is 11.5 Å². The number of aromatic nitrogens is 2. The van der Waals surface area contributed by atoms with Crippen molar-refractivity contribution in [2.45, 2.75) is 32.1 Å². The van der Waals surface area contributed by atoms with Crippen molar-refractivity contribution in [3.05, 3.63) is 118 Å². The van der Waals surface area contributed by atoms with Crippen molar-refractivity contribution in [1.82, 2.24) is 14.9 Å². The molecule has 1 fully saturated rings. The zero-order chi connectivity index (χ0) is 34.5. The predicted octanol–water partition coefficient (Wildman–Crippen LogP) is 7.60. The molecule has 1 amide bonds. The van der Waals surface area contributed by atoms with E-state index in [0.29, 0.717) is 42.8 Å². The highest BCUT2D eigenvalue weighted by molar-refractivity contribution is 6.16. The Labute approximate surface area is 272 Å². The van der Waals surface area contributed by atoms with Gasteiger partial charge in [0, 0.05) is 55.4 Å². The molecule has 0 aliphatic carbocycles. The molecule has 3 aromatic carbocycles. The lowest BCUT2D eigenvalue weighted by atomic mass is 9.85. The molecule has 0 radical (unpaired) electrons. The molecule has 1 aromatic heterocycles. The second-order valence-corrected chi connectivity index (χ2v) is 11.3. The van der Waals surface area contributed by atoms with Gasteiger partial charge in [-0.05, 0) is 49.5 Å². The molecule has 1 aliphatic rings. The van der Waals surface area contributed by atoms with Crippen molar-refractivity contribution in [3.63, 3.8) is 0 Å². The molecule has 2 heterocycles. The van der Waals surface area contributed by atoms with Gasteiger partial charge in [0.2, 0.25) is 23.3 Å². The summed E-state index contributed by atoms with van der Waals surface area (Å²) >= 11 is 0. The van der Waals surface area contributed by atoms with E-state index in [4.69, 9.17) is 10.5 Å².